The minimum atomic E-state index is -3.19. The molecule has 0 spiro atoms. The van der Waals surface area contributed by atoms with E-state index in [9.17, 15) is 18.0 Å². The van der Waals surface area contributed by atoms with Crippen molar-refractivity contribution < 1.29 is 23.1 Å². The monoisotopic (exact) mass is 320 g/mol. The van der Waals surface area contributed by atoms with E-state index in [2.05, 4.69) is 0 Å². The lowest BCUT2D eigenvalue weighted by Crippen LogP contribution is -2.29. The van der Waals surface area contributed by atoms with Crippen LogP contribution in [-0.2, 0) is 15.7 Å². The van der Waals surface area contributed by atoms with Gasteiger partial charge in [0.15, 0.2) is 0 Å². The number of halogens is 1. The van der Waals surface area contributed by atoms with Gasteiger partial charge in [-0.3, -0.25) is 13.9 Å². The number of nitrogens with zero attached hydrogens (tertiary/aromatic N) is 2. The molecule has 7 nitrogen and oxygen atoms in total. The first-order valence-electron chi connectivity index (χ1n) is 5.39. The molecule has 9 heteroatoms. The number of carbonyl (C=O) groups excluding carboxylic acids is 1. The Morgan fingerprint density at radius 3 is 2.35 bits per heavy atom. The lowest BCUT2D eigenvalue weighted by atomic mass is 10.2. The molecule has 20 heavy (non-hydrogen) atoms. The summed E-state index contributed by atoms with van der Waals surface area (Å²) in [7, 11) is -0.110. The van der Waals surface area contributed by atoms with Crippen molar-refractivity contribution in [1.82, 2.24) is 4.90 Å². The maximum atomic E-state index is 11.8. The van der Waals surface area contributed by atoms with Gasteiger partial charge in [0, 0.05) is 19.7 Å². The summed E-state index contributed by atoms with van der Waals surface area (Å²) in [5, 5.41) is 8.77. The zero-order valence-corrected chi connectivity index (χ0v) is 12.4. The first-order chi connectivity index (χ1) is 9.23. The molecule has 0 aromatic heterocycles. The second-order valence-corrected chi connectivity index (χ2v) is 5.42. The summed E-state index contributed by atoms with van der Waals surface area (Å²) in [5.41, 5.74) is 0.166. The Balaban J connectivity index is 3.31. The highest BCUT2D eigenvalue weighted by Gasteiger charge is 2.18. The third-order valence-corrected chi connectivity index (χ3v) is 3.43. The molecule has 0 saturated carbocycles. The fourth-order valence-corrected chi connectivity index (χ4v) is 2.32. The van der Waals surface area contributed by atoms with Gasteiger partial charge in [0.1, 0.15) is 6.54 Å². The molecule has 0 aliphatic carbocycles. The summed E-state index contributed by atoms with van der Waals surface area (Å²) in [6, 6.07) is 4.03. The van der Waals surface area contributed by atoms with Crippen LogP contribution in [0.2, 0.25) is 5.02 Å². The highest BCUT2D eigenvalue weighted by atomic mass is 35.5. The molecule has 0 saturated heterocycles. The molecule has 0 fully saturated rings. The minimum Gasteiger partial charge on any atom is -0.480 e. The number of benzene rings is 1. The van der Waals surface area contributed by atoms with E-state index in [1.54, 1.807) is 14.1 Å². The molecule has 1 N–H and O–H groups in total. The van der Waals surface area contributed by atoms with Crippen LogP contribution in [0.15, 0.2) is 18.2 Å². The van der Waals surface area contributed by atoms with Gasteiger partial charge in [-0.2, -0.15) is 0 Å². The van der Waals surface area contributed by atoms with Crippen LogP contribution in [0.25, 0.3) is 0 Å². The van der Waals surface area contributed by atoms with Crippen LogP contribution < -0.4 is 4.31 Å². The van der Waals surface area contributed by atoms with Crippen LogP contribution in [0.3, 0.4) is 0 Å². The van der Waals surface area contributed by atoms with Gasteiger partial charge >= 0.3 is 5.97 Å². The second kappa shape index (κ2) is 6.58. The number of carboxylic acid groups (broad SMARTS) is 1. The minimum absolute atomic E-state index is 0.0424. The zero-order chi connectivity index (χ0) is 15.4. The Labute approximate surface area is 122 Å². The van der Waals surface area contributed by atoms with Gasteiger partial charge in [0.25, 0.3) is 5.91 Å². The first-order valence-corrected chi connectivity index (χ1v) is 6.89. The van der Waals surface area contributed by atoms with Crippen molar-refractivity contribution >= 4 is 40.1 Å². The molecule has 0 bridgehead atoms. The molecular formula is C11H13ClN2O5S. The number of hydrogen-bond acceptors (Lipinski definition) is 4. The van der Waals surface area contributed by atoms with Gasteiger partial charge in [-0.25, -0.2) is 8.42 Å². The number of hydrogen-bond donors (Lipinski definition) is 2. The fourth-order valence-electron chi connectivity index (χ4n) is 1.46. The Morgan fingerprint density at radius 2 is 1.90 bits per heavy atom. The van der Waals surface area contributed by atoms with Gasteiger partial charge in [0.2, 0.25) is 10.9 Å². The molecule has 0 unspecified atom stereocenters. The highest BCUT2D eigenvalue weighted by molar-refractivity contribution is 7.74. The summed E-state index contributed by atoms with van der Waals surface area (Å²) in [6.45, 7) is -0.766. The quantitative estimate of drug-likeness (QED) is 0.769. The molecule has 1 amide bonds. The molecule has 0 heterocycles. The molecule has 1 aromatic rings. The van der Waals surface area contributed by atoms with Crippen molar-refractivity contribution in [2.24, 2.45) is 0 Å². The van der Waals surface area contributed by atoms with Crippen LogP contribution in [0.4, 0.5) is 5.69 Å². The highest BCUT2D eigenvalue weighted by Crippen LogP contribution is 2.27. The third-order valence-electron chi connectivity index (χ3n) is 2.36. The molecule has 0 aliphatic rings. The Kier molecular flexibility index (Phi) is 5.34. The molecule has 1 aromatic carbocycles. The van der Waals surface area contributed by atoms with E-state index in [0.29, 0.717) is 4.31 Å². The van der Waals surface area contributed by atoms with Crippen LogP contribution in [0.5, 0.6) is 0 Å². The van der Waals surface area contributed by atoms with Gasteiger partial charge in [-0.1, -0.05) is 11.6 Å². The van der Waals surface area contributed by atoms with Gasteiger partial charge in [-0.15, -0.1) is 0 Å². The van der Waals surface area contributed by atoms with E-state index in [4.69, 9.17) is 16.7 Å². The van der Waals surface area contributed by atoms with E-state index in [1.807, 2.05) is 0 Å². The number of carboxylic acids is 1. The van der Waals surface area contributed by atoms with Crippen LogP contribution >= 0.6 is 11.6 Å². The van der Waals surface area contributed by atoms with Crippen LogP contribution in [-0.4, -0.2) is 50.9 Å². The first kappa shape index (κ1) is 16.3. The normalized spacial score (nSPS) is 10.4. The number of anilines is 1. The molecule has 110 valence electrons. The average Bonchev–Trinajstić information content (AvgIpc) is 2.35. The van der Waals surface area contributed by atoms with Crippen LogP contribution in [0, 0.1) is 0 Å². The largest absolute Gasteiger partial charge is 0.480 e. The van der Waals surface area contributed by atoms with Crippen molar-refractivity contribution in [2.75, 3.05) is 24.9 Å². The van der Waals surface area contributed by atoms with Crippen molar-refractivity contribution in [3.05, 3.63) is 28.8 Å². The summed E-state index contributed by atoms with van der Waals surface area (Å²) in [4.78, 5) is 23.8. The predicted molar refractivity (Wildman–Crippen MR) is 74.8 cm³/mol. The smallest absolute Gasteiger partial charge is 0.324 e. The standard InChI is InChI=1S/C11H13ClN2O5S/c1-13(2)11(17)7-3-4-8(12)9(5-7)14(20(18)19)6-10(15)16/h3-5,20H,6H2,1-2H3,(H,15,16). The Bertz CT molecular complexity index is 607. The lowest BCUT2D eigenvalue weighted by Gasteiger charge is -2.18. The van der Waals surface area contributed by atoms with E-state index < -0.39 is 23.4 Å². The molecule has 0 aliphatic heterocycles. The SMILES string of the molecule is CN(C)C(=O)c1ccc(Cl)c(N(CC(=O)O)[SH](=O)=O)c1. The summed E-state index contributed by atoms with van der Waals surface area (Å²) in [6.07, 6.45) is 0. The maximum absolute atomic E-state index is 11.8. The fraction of sp³-hybridized carbons (Fsp3) is 0.273. The Morgan fingerprint density at radius 1 is 1.30 bits per heavy atom. The number of carbonyl (C=O) groups is 2. The molecule has 0 radical (unpaired) electrons. The number of rotatable bonds is 5. The summed E-state index contributed by atoms with van der Waals surface area (Å²) in [5.74, 6) is -1.68. The topological polar surface area (TPSA) is 95.0 Å². The second-order valence-electron chi connectivity index (χ2n) is 4.05. The van der Waals surface area contributed by atoms with Crippen molar-refractivity contribution in [3.63, 3.8) is 0 Å². The predicted octanol–water partition coefficient (Wildman–Crippen LogP) is 0.459. The van der Waals surface area contributed by atoms with Gasteiger partial charge in [-0.05, 0) is 18.2 Å². The summed E-state index contributed by atoms with van der Waals surface area (Å²) < 4.78 is 22.9. The summed E-state index contributed by atoms with van der Waals surface area (Å²) >= 11 is 5.88. The molecule has 1 rings (SSSR count). The van der Waals surface area contributed by atoms with E-state index in [-0.39, 0.29) is 22.2 Å². The van der Waals surface area contributed by atoms with E-state index in [0.717, 1.165) is 0 Å². The molecular weight excluding hydrogens is 308 g/mol. The van der Waals surface area contributed by atoms with Gasteiger partial charge in [0.05, 0.1) is 10.7 Å². The van der Waals surface area contributed by atoms with Crippen molar-refractivity contribution in [3.8, 4) is 0 Å². The van der Waals surface area contributed by atoms with E-state index >= 15 is 0 Å². The maximum Gasteiger partial charge on any atom is 0.324 e. The van der Waals surface area contributed by atoms with Crippen LogP contribution in [0.1, 0.15) is 10.4 Å². The Hall–Kier alpha value is -1.80. The van der Waals surface area contributed by atoms with Crippen molar-refractivity contribution in [2.45, 2.75) is 0 Å². The van der Waals surface area contributed by atoms with Crippen molar-refractivity contribution in [1.29, 1.82) is 0 Å². The zero-order valence-electron chi connectivity index (χ0n) is 10.7. The number of amides is 1. The van der Waals surface area contributed by atoms with Gasteiger partial charge < -0.3 is 10.0 Å². The number of thiol groups is 1. The average molecular weight is 321 g/mol. The lowest BCUT2D eigenvalue weighted by molar-refractivity contribution is -0.135. The molecule has 0 atom stereocenters. The van der Waals surface area contributed by atoms with E-state index in [1.165, 1.54) is 23.1 Å². The number of aliphatic carboxylic acids is 1. The third kappa shape index (κ3) is 3.84.